The number of pyridine rings is 1. The van der Waals surface area contributed by atoms with Gasteiger partial charge in [0.2, 0.25) is 11.8 Å². The molecule has 3 aromatic rings. The highest BCUT2D eigenvalue weighted by molar-refractivity contribution is 5.76. The Morgan fingerprint density at radius 2 is 2.19 bits per heavy atom. The van der Waals surface area contributed by atoms with Gasteiger partial charge in [0.1, 0.15) is 5.82 Å². The van der Waals surface area contributed by atoms with Crippen molar-refractivity contribution in [1.29, 1.82) is 0 Å². The highest BCUT2D eigenvalue weighted by Gasteiger charge is 2.29. The number of rotatable bonds is 6. The van der Waals surface area contributed by atoms with Crippen molar-refractivity contribution in [2.75, 3.05) is 6.61 Å². The molecule has 0 aliphatic heterocycles. The van der Waals surface area contributed by atoms with Gasteiger partial charge in [-0.1, -0.05) is 5.21 Å². The maximum atomic E-state index is 11.4. The summed E-state index contributed by atoms with van der Waals surface area (Å²) >= 11 is 0. The first kappa shape index (κ1) is 17.3. The molecular weight excluding hydrogens is 346 g/mol. The van der Waals surface area contributed by atoms with Crippen LogP contribution in [0.25, 0.3) is 16.9 Å². The lowest BCUT2D eigenvalue weighted by Gasteiger charge is -2.09. The minimum Gasteiger partial charge on any atom is -0.478 e. The van der Waals surface area contributed by atoms with E-state index in [1.54, 1.807) is 23.1 Å². The van der Waals surface area contributed by atoms with Crippen molar-refractivity contribution >= 4 is 17.1 Å². The van der Waals surface area contributed by atoms with Crippen LogP contribution in [-0.2, 0) is 11.2 Å². The summed E-state index contributed by atoms with van der Waals surface area (Å²) in [4.78, 5) is 24.7. The predicted octanol–water partition coefficient (Wildman–Crippen LogP) is 1.45. The number of primary amides is 1. The normalized spacial score (nSPS) is 19.4. The van der Waals surface area contributed by atoms with Crippen molar-refractivity contribution in [2.24, 2.45) is 17.6 Å². The largest absolute Gasteiger partial charge is 0.478 e. The minimum atomic E-state index is -0.209. The van der Waals surface area contributed by atoms with Gasteiger partial charge in [-0.15, -0.1) is 5.10 Å². The second-order valence-electron chi connectivity index (χ2n) is 6.77. The number of carbonyl (C=O) groups is 1. The van der Waals surface area contributed by atoms with Crippen molar-refractivity contribution in [3.8, 4) is 11.6 Å². The van der Waals surface area contributed by atoms with Gasteiger partial charge >= 0.3 is 0 Å². The molecule has 2 N–H and O–H groups in total. The zero-order valence-corrected chi connectivity index (χ0v) is 15.1. The van der Waals surface area contributed by atoms with Gasteiger partial charge in [-0.05, 0) is 38.2 Å². The first-order chi connectivity index (χ1) is 13.1. The van der Waals surface area contributed by atoms with E-state index >= 15 is 0 Å². The molecule has 1 amide bonds. The van der Waals surface area contributed by atoms with Crippen LogP contribution >= 0.6 is 0 Å². The summed E-state index contributed by atoms with van der Waals surface area (Å²) in [7, 11) is 0. The van der Waals surface area contributed by atoms with Crippen LogP contribution < -0.4 is 10.5 Å². The fraction of sp³-hybridized carbons (Fsp3) is 0.444. The fourth-order valence-electron chi connectivity index (χ4n) is 3.54. The average molecular weight is 367 g/mol. The summed E-state index contributed by atoms with van der Waals surface area (Å²) < 4.78 is 7.01. The average Bonchev–Trinajstić information content (AvgIpc) is 3.30. The quantitative estimate of drug-likeness (QED) is 0.699. The maximum Gasteiger partial charge on any atom is 0.220 e. The van der Waals surface area contributed by atoms with E-state index in [-0.39, 0.29) is 11.8 Å². The molecule has 3 aromatic heterocycles. The minimum absolute atomic E-state index is 0.0270. The van der Waals surface area contributed by atoms with Crippen LogP contribution in [0.5, 0.6) is 5.88 Å². The van der Waals surface area contributed by atoms with E-state index in [0.29, 0.717) is 36.0 Å². The second-order valence-corrected chi connectivity index (χ2v) is 6.77. The van der Waals surface area contributed by atoms with Crippen LogP contribution in [-0.4, -0.2) is 42.5 Å². The van der Waals surface area contributed by atoms with Crippen molar-refractivity contribution in [1.82, 2.24) is 29.9 Å². The standard InChI is InChI=1S/C18H21N7O2/c1-2-27-16-6-5-13(9-21-16)25-18-14(23-24-25)10-20-15(22-18)8-11-3-4-12(7-11)17(19)26/h5-6,9-12H,2-4,7-8H2,1H3,(H2,19,26)/t11-,12-/m1/s1. The molecule has 0 saturated heterocycles. The fourth-order valence-corrected chi connectivity index (χ4v) is 3.54. The molecule has 2 atom stereocenters. The molecule has 0 aromatic carbocycles. The molecule has 9 nitrogen and oxygen atoms in total. The second kappa shape index (κ2) is 7.26. The van der Waals surface area contributed by atoms with Crippen LogP contribution in [0.1, 0.15) is 32.0 Å². The number of fused-ring (bicyclic) bond motifs is 1. The molecule has 0 unspecified atom stereocenters. The Kier molecular flexibility index (Phi) is 4.66. The van der Waals surface area contributed by atoms with E-state index in [1.165, 1.54) is 0 Å². The lowest BCUT2D eigenvalue weighted by atomic mass is 10.0. The predicted molar refractivity (Wildman–Crippen MR) is 97.1 cm³/mol. The topological polar surface area (TPSA) is 122 Å². The number of aromatic nitrogens is 6. The van der Waals surface area contributed by atoms with Gasteiger partial charge in [0, 0.05) is 18.4 Å². The number of carbonyl (C=O) groups excluding carboxylic acids is 1. The third kappa shape index (κ3) is 3.57. The van der Waals surface area contributed by atoms with Crippen molar-refractivity contribution in [3.05, 3.63) is 30.4 Å². The molecule has 0 radical (unpaired) electrons. The zero-order valence-electron chi connectivity index (χ0n) is 15.1. The Balaban J connectivity index is 1.57. The SMILES string of the molecule is CCOc1ccc(-n2nnc3cnc(C[C@@H]4CC[C@@H](C(N)=O)C4)nc32)cn1. The van der Waals surface area contributed by atoms with Gasteiger partial charge < -0.3 is 10.5 Å². The van der Waals surface area contributed by atoms with E-state index in [1.807, 2.05) is 13.0 Å². The number of nitrogens with zero attached hydrogens (tertiary/aromatic N) is 6. The van der Waals surface area contributed by atoms with Gasteiger partial charge in [0.15, 0.2) is 11.2 Å². The highest BCUT2D eigenvalue weighted by Crippen LogP contribution is 2.32. The van der Waals surface area contributed by atoms with Gasteiger partial charge in [-0.3, -0.25) is 4.79 Å². The summed E-state index contributed by atoms with van der Waals surface area (Å²) in [6.07, 6.45) is 6.69. The maximum absolute atomic E-state index is 11.4. The van der Waals surface area contributed by atoms with E-state index in [4.69, 9.17) is 10.5 Å². The summed E-state index contributed by atoms with van der Waals surface area (Å²) in [5, 5.41) is 8.30. The van der Waals surface area contributed by atoms with E-state index in [0.717, 1.165) is 30.8 Å². The third-order valence-electron chi connectivity index (χ3n) is 4.91. The molecule has 4 rings (SSSR count). The summed E-state index contributed by atoms with van der Waals surface area (Å²) in [6, 6.07) is 3.65. The first-order valence-corrected chi connectivity index (χ1v) is 9.10. The van der Waals surface area contributed by atoms with Crippen molar-refractivity contribution in [2.45, 2.75) is 32.6 Å². The zero-order chi connectivity index (χ0) is 18.8. The summed E-state index contributed by atoms with van der Waals surface area (Å²) in [5.74, 6) is 1.42. The van der Waals surface area contributed by atoms with Gasteiger partial charge in [0.05, 0.1) is 24.7 Å². The molecule has 0 bridgehead atoms. The van der Waals surface area contributed by atoms with Gasteiger partial charge in [-0.25, -0.2) is 15.0 Å². The Hall–Kier alpha value is -3.10. The number of ether oxygens (including phenoxy) is 1. The summed E-state index contributed by atoms with van der Waals surface area (Å²) in [5.41, 5.74) is 7.43. The van der Waals surface area contributed by atoms with Crippen LogP contribution in [0.4, 0.5) is 0 Å². The first-order valence-electron chi connectivity index (χ1n) is 9.10. The van der Waals surface area contributed by atoms with Crippen LogP contribution in [0.3, 0.4) is 0 Å². The Labute approximate surface area is 156 Å². The Morgan fingerprint density at radius 3 is 2.89 bits per heavy atom. The lowest BCUT2D eigenvalue weighted by Crippen LogP contribution is -2.21. The molecular formula is C18H21N7O2. The van der Waals surface area contributed by atoms with Crippen LogP contribution in [0.15, 0.2) is 24.5 Å². The third-order valence-corrected chi connectivity index (χ3v) is 4.91. The van der Waals surface area contributed by atoms with Crippen molar-refractivity contribution in [3.63, 3.8) is 0 Å². The number of hydrogen-bond donors (Lipinski definition) is 1. The van der Waals surface area contributed by atoms with Crippen LogP contribution in [0.2, 0.25) is 0 Å². The molecule has 1 fully saturated rings. The van der Waals surface area contributed by atoms with E-state index < -0.39 is 0 Å². The molecule has 27 heavy (non-hydrogen) atoms. The highest BCUT2D eigenvalue weighted by atomic mass is 16.5. The van der Waals surface area contributed by atoms with E-state index in [2.05, 4.69) is 25.3 Å². The smallest absolute Gasteiger partial charge is 0.220 e. The molecule has 3 heterocycles. The van der Waals surface area contributed by atoms with Gasteiger partial charge in [-0.2, -0.15) is 4.68 Å². The van der Waals surface area contributed by atoms with E-state index in [9.17, 15) is 4.79 Å². The van der Waals surface area contributed by atoms with Gasteiger partial charge in [0.25, 0.3) is 0 Å². The van der Waals surface area contributed by atoms with Crippen molar-refractivity contribution < 1.29 is 9.53 Å². The molecule has 1 saturated carbocycles. The van der Waals surface area contributed by atoms with Crippen LogP contribution in [0, 0.1) is 11.8 Å². The molecule has 0 spiro atoms. The number of hydrogen-bond acceptors (Lipinski definition) is 7. The molecule has 9 heteroatoms. The molecule has 140 valence electrons. The Morgan fingerprint density at radius 1 is 1.30 bits per heavy atom. The molecule has 1 aliphatic rings. The number of amides is 1. The summed E-state index contributed by atoms with van der Waals surface area (Å²) in [6.45, 7) is 2.47. The lowest BCUT2D eigenvalue weighted by molar-refractivity contribution is -0.121. The Bertz CT molecular complexity index is 954. The monoisotopic (exact) mass is 367 g/mol. The number of nitrogens with two attached hydrogens (primary N) is 1. The molecule has 1 aliphatic carbocycles.